The first-order valence-corrected chi connectivity index (χ1v) is 3.77. The summed E-state index contributed by atoms with van der Waals surface area (Å²) in [4.78, 5) is 10.2. The van der Waals surface area contributed by atoms with Gasteiger partial charge < -0.3 is 10.8 Å². The van der Waals surface area contributed by atoms with Gasteiger partial charge in [-0.05, 0) is 12.3 Å². The van der Waals surface area contributed by atoms with Crippen LogP contribution in [0.4, 0.5) is 13.2 Å². The fourth-order valence-corrected chi connectivity index (χ4v) is 1.01. The van der Waals surface area contributed by atoms with Crippen molar-refractivity contribution in [1.82, 2.24) is 0 Å². The zero-order valence-corrected chi connectivity index (χ0v) is 7.14. The highest BCUT2D eigenvalue weighted by Crippen LogP contribution is 2.26. The molecule has 0 saturated heterocycles. The van der Waals surface area contributed by atoms with Gasteiger partial charge in [0, 0.05) is 6.42 Å². The largest absolute Gasteiger partial charge is 0.480 e. The number of carbonyl (C=O) groups is 1. The number of hydrogen-bond acceptors (Lipinski definition) is 2. The predicted molar refractivity (Wildman–Crippen MR) is 40.1 cm³/mol. The van der Waals surface area contributed by atoms with Crippen LogP contribution in [0.5, 0.6) is 0 Å². The van der Waals surface area contributed by atoms with Crippen molar-refractivity contribution in [2.75, 3.05) is 0 Å². The molecule has 2 atom stereocenters. The molecule has 78 valence electrons. The Bertz CT molecular complexity index is 181. The van der Waals surface area contributed by atoms with Crippen LogP contribution in [0.2, 0.25) is 0 Å². The van der Waals surface area contributed by atoms with Crippen molar-refractivity contribution in [3.63, 3.8) is 0 Å². The lowest BCUT2D eigenvalue weighted by atomic mass is 9.99. The van der Waals surface area contributed by atoms with Gasteiger partial charge in [0.2, 0.25) is 0 Å². The zero-order valence-electron chi connectivity index (χ0n) is 7.14. The average Bonchev–Trinajstić information content (AvgIpc) is 1.81. The smallest absolute Gasteiger partial charge is 0.389 e. The van der Waals surface area contributed by atoms with E-state index in [1.165, 1.54) is 6.92 Å². The van der Waals surface area contributed by atoms with Crippen molar-refractivity contribution in [3.05, 3.63) is 0 Å². The van der Waals surface area contributed by atoms with Crippen LogP contribution in [-0.2, 0) is 4.79 Å². The van der Waals surface area contributed by atoms with E-state index in [1.807, 2.05) is 0 Å². The quantitative estimate of drug-likeness (QED) is 0.718. The Morgan fingerprint density at radius 1 is 1.54 bits per heavy atom. The Balaban J connectivity index is 3.88. The minimum Gasteiger partial charge on any atom is -0.480 e. The Morgan fingerprint density at radius 2 is 2.00 bits per heavy atom. The number of nitrogens with two attached hydrogens (primary N) is 1. The Morgan fingerprint density at radius 3 is 2.31 bits per heavy atom. The molecule has 0 aliphatic rings. The summed E-state index contributed by atoms with van der Waals surface area (Å²) in [6, 6.07) is -1.21. The fourth-order valence-electron chi connectivity index (χ4n) is 1.01. The summed E-state index contributed by atoms with van der Waals surface area (Å²) in [5.41, 5.74) is 5.07. The van der Waals surface area contributed by atoms with Crippen LogP contribution in [-0.4, -0.2) is 23.3 Å². The van der Waals surface area contributed by atoms with E-state index in [1.54, 1.807) is 0 Å². The van der Waals surface area contributed by atoms with Crippen LogP contribution in [0.15, 0.2) is 0 Å². The number of carboxylic acids is 1. The van der Waals surface area contributed by atoms with E-state index in [9.17, 15) is 18.0 Å². The number of carboxylic acid groups (broad SMARTS) is 1. The van der Waals surface area contributed by atoms with Crippen molar-refractivity contribution in [3.8, 4) is 0 Å². The third-order valence-electron chi connectivity index (χ3n) is 1.55. The molecule has 0 amide bonds. The van der Waals surface area contributed by atoms with Gasteiger partial charge in [-0.2, -0.15) is 13.2 Å². The van der Waals surface area contributed by atoms with Gasteiger partial charge in [0.05, 0.1) is 0 Å². The van der Waals surface area contributed by atoms with Crippen molar-refractivity contribution in [1.29, 1.82) is 0 Å². The van der Waals surface area contributed by atoms with Gasteiger partial charge in [-0.1, -0.05) is 6.92 Å². The molecule has 3 N–H and O–H groups in total. The molecular formula is C7H12F3NO2. The maximum absolute atomic E-state index is 11.8. The summed E-state index contributed by atoms with van der Waals surface area (Å²) in [6.45, 7) is 1.33. The lowest BCUT2D eigenvalue weighted by Crippen LogP contribution is -2.32. The van der Waals surface area contributed by atoms with Gasteiger partial charge in [0.25, 0.3) is 0 Å². The maximum Gasteiger partial charge on any atom is 0.389 e. The summed E-state index contributed by atoms with van der Waals surface area (Å²) in [7, 11) is 0. The molecule has 6 heteroatoms. The monoisotopic (exact) mass is 199 g/mol. The second kappa shape index (κ2) is 4.45. The van der Waals surface area contributed by atoms with Crippen LogP contribution in [0, 0.1) is 5.92 Å². The van der Waals surface area contributed by atoms with E-state index < -0.39 is 30.5 Å². The van der Waals surface area contributed by atoms with Crippen LogP contribution in [0.3, 0.4) is 0 Å². The minimum absolute atomic E-state index is 0.158. The number of rotatable bonds is 4. The van der Waals surface area contributed by atoms with Gasteiger partial charge >= 0.3 is 12.1 Å². The molecule has 0 aromatic heterocycles. The molecular weight excluding hydrogens is 187 g/mol. The second-order valence-electron chi connectivity index (χ2n) is 3.10. The van der Waals surface area contributed by atoms with Crippen LogP contribution in [0.1, 0.15) is 19.8 Å². The van der Waals surface area contributed by atoms with Crippen LogP contribution >= 0.6 is 0 Å². The Kier molecular flexibility index (Phi) is 4.19. The number of aliphatic carboxylic acids is 1. The topological polar surface area (TPSA) is 63.3 Å². The van der Waals surface area contributed by atoms with E-state index in [-0.39, 0.29) is 6.42 Å². The summed E-state index contributed by atoms with van der Waals surface area (Å²) in [5.74, 6) is -2.03. The number of halogens is 3. The summed E-state index contributed by atoms with van der Waals surface area (Å²) < 4.78 is 35.3. The molecule has 0 radical (unpaired) electrons. The van der Waals surface area contributed by atoms with E-state index in [0.29, 0.717) is 0 Å². The van der Waals surface area contributed by atoms with E-state index >= 15 is 0 Å². The summed E-state index contributed by atoms with van der Waals surface area (Å²) in [6.07, 6.45) is -5.40. The Labute approximate surface area is 73.7 Å². The molecule has 0 fully saturated rings. The zero-order chi connectivity index (χ0) is 10.6. The average molecular weight is 199 g/mol. The maximum atomic E-state index is 11.8. The molecule has 0 heterocycles. The second-order valence-corrected chi connectivity index (χ2v) is 3.10. The van der Waals surface area contributed by atoms with Gasteiger partial charge in [0.15, 0.2) is 0 Å². The van der Waals surface area contributed by atoms with Gasteiger partial charge in [-0.15, -0.1) is 0 Å². The molecule has 0 aliphatic carbocycles. The SMILES string of the molecule is CC(CC(N)C(=O)O)CC(F)(F)F. The molecule has 2 unspecified atom stereocenters. The highest BCUT2D eigenvalue weighted by Gasteiger charge is 2.31. The molecule has 3 nitrogen and oxygen atoms in total. The molecule has 0 rings (SSSR count). The van der Waals surface area contributed by atoms with Crippen LogP contribution < -0.4 is 5.73 Å². The van der Waals surface area contributed by atoms with E-state index in [2.05, 4.69) is 0 Å². The highest BCUT2D eigenvalue weighted by molar-refractivity contribution is 5.72. The standard InChI is InChI=1S/C7H12F3NO2/c1-4(3-7(8,9)10)2-5(11)6(12)13/h4-5H,2-3,11H2,1H3,(H,12,13). The van der Waals surface area contributed by atoms with Crippen molar-refractivity contribution < 1.29 is 23.1 Å². The van der Waals surface area contributed by atoms with Gasteiger partial charge in [0.1, 0.15) is 6.04 Å². The van der Waals surface area contributed by atoms with Crippen LogP contribution in [0.25, 0.3) is 0 Å². The third kappa shape index (κ3) is 6.39. The highest BCUT2D eigenvalue weighted by atomic mass is 19.4. The number of alkyl halides is 3. The molecule has 0 aliphatic heterocycles. The first-order valence-electron chi connectivity index (χ1n) is 3.77. The molecule has 0 aromatic rings. The third-order valence-corrected chi connectivity index (χ3v) is 1.55. The molecule has 0 bridgehead atoms. The summed E-state index contributed by atoms with van der Waals surface area (Å²) in [5, 5.41) is 8.32. The Hall–Kier alpha value is -0.780. The fraction of sp³-hybridized carbons (Fsp3) is 0.857. The van der Waals surface area contributed by atoms with Crippen molar-refractivity contribution in [2.24, 2.45) is 11.7 Å². The molecule has 0 spiro atoms. The van der Waals surface area contributed by atoms with E-state index in [4.69, 9.17) is 10.8 Å². The van der Waals surface area contributed by atoms with E-state index in [0.717, 1.165) is 0 Å². The summed E-state index contributed by atoms with van der Waals surface area (Å²) >= 11 is 0. The van der Waals surface area contributed by atoms with Gasteiger partial charge in [-0.25, -0.2) is 0 Å². The van der Waals surface area contributed by atoms with Crippen molar-refractivity contribution >= 4 is 5.97 Å². The minimum atomic E-state index is -4.25. The lowest BCUT2D eigenvalue weighted by molar-refractivity contribution is -0.147. The number of hydrogen-bond donors (Lipinski definition) is 2. The molecule has 0 aromatic carbocycles. The predicted octanol–water partition coefficient (Wildman–Crippen LogP) is 1.38. The van der Waals surface area contributed by atoms with Crippen molar-refractivity contribution in [2.45, 2.75) is 32.0 Å². The first kappa shape index (κ1) is 12.2. The normalized spacial score (nSPS) is 16.7. The molecule has 0 saturated carbocycles. The lowest BCUT2D eigenvalue weighted by Gasteiger charge is -2.15. The first-order chi connectivity index (χ1) is 5.72. The molecule has 13 heavy (non-hydrogen) atoms. The van der Waals surface area contributed by atoms with Gasteiger partial charge in [-0.3, -0.25) is 4.79 Å².